The van der Waals surface area contributed by atoms with Crippen LogP contribution in [0, 0.1) is 5.21 Å². The Bertz CT molecular complexity index is 723. The maximum absolute atomic E-state index is 12.0. The van der Waals surface area contributed by atoms with Gasteiger partial charge in [0.05, 0.1) is 11.8 Å². The molecule has 2 aromatic rings. The predicted octanol–water partition coefficient (Wildman–Crippen LogP) is 2.02. The van der Waals surface area contributed by atoms with E-state index < -0.39 is 0 Å². The van der Waals surface area contributed by atoms with Crippen molar-refractivity contribution in [3.05, 3.63) is 53.4 Å². The van der Waals surface area contributed by atoms with E-state index in [-0.39, 0.29) is 24.5 Å². The zero-order valence-electron chi connectivity index (χ0n) is 12.5. The van der Waals surface area contributed by atoms with Crippen LogP contribution in [0.5, 0.6) is 11.5 Å². The van der Waals surface area contributed by atoms with Crippen molar-refractivity contribution in [2.45, 2.75) is 18.0 Å². The number of pyridine rings is 1. The van der Waals surface area contributed by atoms with Crippen LogP contribution in [0.25, 0.3) is 0 Å². The van der Waals surface area contributed by atoms with Gasteiger partial charge in [0, 0.05) is 12.1 Å². The maximum Gasteiger partial charge on any atom is 0.251 e. The predicted molar refractivity (Wildman–Crippen MR) is 85.2 cm³/mol. The Kier molecular flexibility index (Phi) is 4.57. The quantitative estimate of drug-likeness (QED) is 0.515. The minimum absolute atomic E-state index is 0.135. The molecule has 0 fully saturated rings. The number of thioether (sulfide) groups is 1. The average Bonchev–Trinajstić information content (AvgIpc) is 3.01. The minimum atomic E-state index is -0.159. The third-order valence-electron chi connectivity index (χ3n) is 3.41. The van der Waals surface area contributed by atoms with Gasteiger partial charge in [0.2, 0.25) is 12.7 Å². The highest BCUT2D eigenvalue weighted by Crippen LogP contribution is 2.34. The average molecular weight is 332 g/mol. The zero-order valence-corrected chi connectivity index (χ0v) is 13.3. The van der Waals surface area contributed by atoms with Gasteiger partial charge in [-0.1, -0.05) is 6.07 Å². The van der Waals surface area contributed by atoms with Crippen LogP contribution in [0.2, 0.25) is 0 Å². The maximum atomic E-state index is 12.0. The fourth-order valence-electron chi connectivity index (χ4n) is 2.21. The van der Waals surface area contributed by atoms with Crippen LogP contribution in [-0.2, 0) is 4.79 Å². The van der Waals surface area contributed by atoms with E-state index in [9.17, 15) is 10.0 Å². The molecule has 6 nitrogen and oxygen atoms in total. The summed E-state index contributed by atoms with van der Waals surface area (Å²) in [6, 6.07) is 10.5. The number of amides is 1. The molecular weight excluding hydrogens is 316 g/mol. The molecule has 3 rings (SSSR count). The van der Waals surface area contributed by atoms with Gasteiger partial charge in [-0.2, -0.15) is 4.73 Å². The van der Waals surface area contributed by atoms with E-state index >= 15 is 0 Å². The summed E-state index contributed by atoms with van der Waals surface area (Å²) in [7, 11) is 0. The molecule has 1 aromatic carbocycles. The summed E-state index contributed by atoms with van der Waals surface area (Å²) >= 11 is 1.21. The molecule has 1 aliphatic heterocycles. The number of nitrogens with one attached hydrogen (secondary N) is 1. The van der Waals surface area contributed by atoms with Crippen LogP contribution in [0.1, 0.15) is 18.5 Å². The molecule has 0 saturated carbocycles. The molecule has 1 amide bonds. The number of ether oxygens (including phenoxy) is 2. The van der Waals surface area contributed by atoms with Crippen LogP contribution in [0.3, 0.4) is 0 Å². The van der Waals surface area contributed by atoms with Crippen molar-refractivity contribution in [3.63, 3.8) is 0 Å². The van der Waals surface area contributed by atoms with E-state index in [1.165, 1.54) is 18.0 Å². The van der Waals surface area contributed by atoms with E-state index in [1.54, 1.807) is 18.2 Å². The number of carbonyl (C=O) groups is 1. The molecule has 0 saturated heterocycles. The highest BCUT2D eigenvalue weighted by Gasteiger charge is 2.17. The van der Waals surface area contributed by atoms with Gasteiger partial charge in [0.1, 0.15) is 0 Å². The molecule has 1 atom stereocenters. The first-order valence-corrected chi connectivity index (χ1v) is 8.12. The number of hydrogen-bond acceptors (Lipinski definition) is 5. The smallest absolute Gasteiger partial charge is 0.251 e. The molecule has 2 heterocycles. The van der Waals surface area contributed by atoms with Gasteiger partial charge in [-0.05, 0) is 42.4 Å². The van der Waals surface area contributed by atoms with Crippen LogP contribution in [-0.4, -0.2) is 18.5 Å². The Labute approximate surface area is 138 Å². The van der Waals surface area contributed by atoms with Crippen LogP contribution in [0.15, 0.2) is 47.6 Å². The third kappa shape index (κ3) is 3.68. The number of hydrogen-bond donors (Lipinski definition) is 1. The number of nitrogens with zero attached hydrogens (tertiary/aromatic N) is 1. The standard InChI is InChI=1S/C16H16N2O4S/c1-11(12-5-6-13-14(8-12)22-10-21-13)17-15(19)9-23-16-4-2-3-7-18(16)20/h2-8,11H,9-10H2,1H3,(H,17,19)/t11-/m0/s1. The van der Waals surface area contributed by atoms with Crippen LogP contribution >= 0.6 is 11.8 Å². The monoisotopic (exact) mass is 332 g/mol. The summed E-state index contributed by atoms with van der Waals surface area (Å²) in [5, 5.41) is 14.9. The van der Waals surface area contributed by atoms with Crippen molar-refractivity contribution in [2.75, 3.05) is 12.5 Å². The number of rotatable bonds is 5. The fourth-order valence-corrected chi connectivity index (χ4v) is 2.94. The molecule has 0 spiro atoms. The number of benzene rings is 1. The van der Waals surface area contributed by atoms with Crippen molar-refractivity contribution in [1.29, 1.82) is 0 Å². The van der Waals surface area contributed by atoms with Gasteiger partial charge < -0.3 is 20.0 Å². The summed E-state index contributed by atoms with van der Waals surface area (Å²) in [5.74, 6) is 1.45. The van der Waals surface area contributed by atoms with Crippen LogP contribution in [0.4, 0.5) is 0 Å². The van der Waals surface area contributed by atoms with Gasteiger partial charge in [0.25, 0.3) is 5.03 Å². The largest absolute Gasteiger partial charge is 0.618 e. The van der Waals surface area contributed by atoms with E-state index in [4.69, 9.17) is 9.47 Å². The van der Waals surface area contributed by atoms with Crippen molar-refractivity contribution >= 4 is 17.7 Å². The van der Waals surface area contributed by atoms with Gasteiger partial charge in [-0.15, -0.1) is 0 Å². The molecule has 1 aliphatic rings. The minimum Gasteiger partial charge on any atom is -0.618 e. The molecule has 120 valence electrons. The zero-order chi connectivity index (χ0) is 16.2. The van der Waals surface area contributed by atoms with Crippen LogP contribution < -0.4 is 19.5 Å². The Balaban J connectivity index is 1.56. The lowest BCUT2D eigenvalue weighted by Crippen LogP contribution is -2.31. The van der Waals surface area contributed by atoms with E-state index in [0.717, 1.165) is 10.3 Å². The first-order chi connectivity index (χ1) is 11.1. The summed E-state index contributed by atoms with van der Waals surface area (Å²) in [6.07, 6.45) is 1.41. The molecule has 0 radical (unpaired) electrons. The van der Waals surface area contributed by atoms with Crippen molar-refractivity contribution in [2.24, 2.45) is 0 Å². The normalized spacial score (nSPS) is 13.6. The molecule has 1 aromatic heterocycles. The van der Waals surface area contributed by atoms with E-state index in [1.807, 2.05) is 25.1 Å². The first-order valence-electron chi connectivity index (χ1n) is 7.13. The molecule has 1 N–H and O–H groups in total. The topological polar surface area (TPSA) is 74.5 Å². The Morgan fingerprint density at radius 3 is 3.00 bits per heavy atom. The lowest BCUT2D eigenvalue weighted by Gasteiger charge is -2.14. The molecule has 0 unspecified atom stereocenters. The Hall–Kier alpha value is -2.41. The number of aromatic nitrogens is 1. The highest BCUT2D eigenvalue weighted by atomic mass is 32.2. The molecule has 23 heavy (non-hydrogen) atoms. The summed E-state index contributed by atoms with van der Waals surface area (Å²) in [6.45, 7) is 2.12. The SMILES string of the molecule is C[C@H](NC(=O)CSc1cccc[n+]1[O-])c1ccc2c(c1)OCO2. The lowest BCUT2D eigenvalue weighted by atomic mass is 10.1. The lowest BCUT2D eigenvalue weighted by molar-refractivity contribution is -0.645. The van der Waals surface area contributed by atoms with Crippen molar-refractivity contribution in [1.82, 2.24) is 5.32 Å². The number of fused-ring (bicyclic) bond motifs is 1. The fraction of sp³-hybridized carbons (Fsp3) is 0.250. The summed E-state index contributed by atoms with van der Waals surface area (Å²) in [4.78, 5) is 12.0. The van der Waals surface area contributed by atoms with Crippen molar-refractivity contribution in [3.8, 4) is 11.5 Å². The second-order valence-corrected chi connectivity index (χ2v) is 6.05. The Morgan fingerprint density at radius 1 is 1.35 bits per heavy atom. The molecule has 7 heteroatoms. The first kappa shape index (κ1) is 15.5. The highest BCUT2D eigenvalue weighted by molar-refractivity contribution is 7.99. The Morgan fingerprint density at radius 2 is 2.17 bits per heavy atom. The molecular formula is C16H16N2O4S. The van der Waals surface area contributed by atoms with Gasteiger partial charge in [-0.25, -0.2) is 0 Å². The van der Waals surface area contributed by atoms with Gasteiger partial charge in [0.15, 0.2) is 17.7 Å². The van der Waals surface area contributed by atoms with Gasteiger partial charge >= 0.3 is 0 Å². The van der Waals surface area contributed by atoms with E-state index in [0.29, 0.717) is 16.5 Å². The second kappa shape index (κ2) is 6.78. The van der Waals surface area contributed by atoms with Gasteiger partial charge in [-0.3, -0.25) is 4.79 Å². The number of carbonyl (C=O) groups excluding carboxylic acids is 1. The van der Waals surface area contributed by atoms with Crippen molar-refractivity contribution < 1.29 is 19.0 Å². The molecule has 0 bridgehead atoms. The third-order valence-corrected chi connectivity index (χ3v) is 4.43. The summed E-state index contributed by atoms with van der Waals surface area (Å²) < 4.78 is 11.4. The second-order valence-electron chi connectivity index (χ2n) is 5.06. The van der Waals surface area contributed by atoms with E-state index in [2.05, 4.69) is 5.32 Å². The summed E-state index contributed by atoms with van der Waals surface area (Å²) in [5.41, 5.74) is 0.936. The molecule has 0 aliphatic carbocycles.